The third-order valence-electron chi connectivity index (χ3n) is 12.7. The van der Waals surface area contributed by atoms with E-state index < -0.39 is 0 Å². The maximum atomic E-state index is 6.88. The lowest BCUT2D eigenvalue weighted by Crippen LogP contribution is -2.62. The Morgan fingerprint density at radius 1 is 0.583 bits per heavy atom. The van der Waals surface area contributed by atoms with Crippen LogP contribution >= 0.6 is 0 Å². The highest BCUT2D eigenvalue weighted by Crippen LogP contribution is 2.42. The summed E-state index contributed by atoms with van der Waals surface area (Å²) in [4.78, 5) is 0. The monoisotopic (exact) mass is 625 g/mol. The van der Waals surface area contributed by atoms with E-state index in [1.165, 1.54) is 130 Å². The molecule has 238 valence electrons. The van der Waals surface area contributed by atoms with Crippen molar-refractivity contribution in [2.75, 3.05) is 0 Å². The van der Waals surface area contributed by atoms with E-state index in [1.54, 1.807) is 0 Å². The fourth-order valence-corrected chi connectivity index (χ4v) is 10.2. The third kappa shape index (κ3) is 4.25. The first-order chi connectivity index (χ1) is 23.6. The van der Waals surface area contributed by atoms with Crippen molar-refractivity contribution in [3.8, 4) is 17.2 Å². The van der Waals surface area contributed by atoms with Crippen LogP contribution in [0.2, 0.25) is 0 Å². The van der Waals surface area contributed by atoms with Crippen LogP contribution in [-0.4, -0.2) is 11.3 Å². The minimum Gasteiger partial charge on any atom is -0.458 e. The summed E-state index contributed by atoms with van der Waals surface area (Å²) in [5.41, 5.74) is 13.6. The maximum Gasteiger partial charge on any atom is 0.251 e. The number of rotatable bonds is 3. The van der Waals surface area contributed by atoms with E-state index in [0.717, 1.165) is 11.5 Å². The Morgan fingerprint density at radius 3 is 1.88 bits per heavy atom. The first kappa shape index (κ1) is 28.7. The average molecular weight is 626 g/mol. The summed E-state index contributed by atoms with van der Waals surface area (Å²) in [6.07, 6.45) is 13.5. The lowest BCUT2D eigenvalue weighted by Gasteiger charge is -2.41. The molecule has 2 nitrogen and oxygen atoms in total. The van der Waals surface area contributed by atoms with Crippen LogP contribution in [0.3, 0.4) is 0 Å². The Balaban J connectivity index is 1.15. The van der Waals surface area contributed by atoms with Gasteiger partial charge in [-0.1, -0.05) is 112 Å². The Labute approximate surface area is 285 Å². The predicted molar refractivity (Wildman–Crippen MR) is 202 cm³/mol. The van der Waals surface area contributed by atoms with Gasteiger partial charge in [-0.2, -0.15) is 0 Å². The largest absolute Gasteiger partial charge is 0.458 e. The number of hydrogen-bond donors (Lipinski definition) is 0. The molecule has 48 heavy (non-hydrogen) atoms. The molecule has 4 aliphatic rings. The smallest absolute Gasteiger partial charge is 0.251 e. The SMILES string of the molecule is CC1(C)c2ccccc2B2c3ccc(-n4c5ccc(C6CCCCC6)cc5c5cc(C6CCCCC6)ccc54)cc3Oc3cccc1c32. The van der Waals surface area contributed by atoms with Gasteiger partial charge in [-0.3, -0.25) is 0 Å². The lowest BCUT2D eigenvalue weighted by atomic mass is 9.30. The van der Waals surface area contributed by atoms with E-state index in [1.807, 2.05) is 0 Å². The molecule has 3 heterocycles. The fourth-order valence-electron chi connectivity index (χ4n) is 10.2. The van der Waals surface area contributed by atoms with Gasteiger partial charge in [-0.05, 0) is 107 Å². The molecule has 2 saturated carbocycles. The molecule has 3 heteroatoms. The first-order valence-corrected chi connectivity index (χ1v) is 18.7. The quantitative estimate of drug-likeness (QED) is 0.178. The second-order valence-electron chi connectivity index (χ2n) is 15.7. The van der Waals surface area contributed by atoms with Gasteiger partial charge < -0.3 is 9.30 Å². The van der Waals surface area contributed by atoms with Gasteiger partial charge in [0.1, 0.15) is 11.5 Å². The Hall–Kier alpha value is -4.24. The van der Waals surface area contributed by atoms with Crippen LogP contribution in [0, 0.1) is 0 Å². The van der Waals surface area contributed by atoms with E-state index in [4.69, 9.17) is 4.74 Å². The number of fused-ring (bicyclic) bond motifs is 7. The van der Waals surface area contributed by atoms with Crippen molar-refractivity contribution in [3.63, 3.8) is 0 Å². The van der Waals surface area contributed by atoms with Gasteiger partial charge in [0.25, 0.3) is 6.71 Å². The van der Waals surface area contributed by atoms with Crippen LogP contribution in [0.25, 0.3) is 27.5 Å². The Bertz CT molecular complexity index is 2150. The van der Waals surface area contributed by atoms with Crippen molar-refractivity contribution in [1.29, 1.82) is 0 Å². The summed E-state index contributed by atoms with van der Waals surface area (Å²) < 4.78 is 9.39. The molecule has 0 spiro atoms. The van der Waals surface area contributed by atoms with Gasteiger partial charge in [0.2, 0.25) is 0 Å². The number of benzene rings is 5. The average Bonchev–Trinajstić information content (AvgIpc) is 3.46. The molecule has 0 N–H and O–H groups in total. The van der Waals surface area contributed by atoms with Crippen molar-refractivity contribution in [3.05, 3.63) is 119 Å². The van der Waals surface area contributed by atoms with Gasteiger partial charge in [0.15, 0.2) is 0 Å². The van der Waals surface area contributed by atoms with Crippen LogP contribution in [-0.2, 0) is 5.41 Å². The molecule has 5 aromatic carbocycles. The molecule has 0 radical (unpaired) electrons. The molecule has 1 aromatic heterocycles. The third-order valence-corrected chi connectivity index (χ3v) is 12.7. The molecule has 0 atom stereocenters. The number of nitrogens with zero attached hydrogens (tertiary/aromatic N) is 1. The maximum absolute atomic E-state index is 6.88. The van der Waals surface area contributed by atoms with Crippen molar-refractivity contribution in [1.82, 2.24) is 4.57 Å². The van der Waals surface area contributed by atoms with Crippen LogP contribution in [0.15, 0.2) is 97.1 Å². The Morgan fingerprint density at radius 2 is 1.21 bits per heavy atom. The summed E-state index contributed by atoms with van der Waals surface area (Å²) in [7, 11) is 0. The molecule has 0 unspecified atom stereocenters. The molecular weight excluding hydrogens is 581 g/mol. The molecule has 0 amide bonds. The number of aromatic nitrogens is 1. The summed E-state index contributed by atoms with van der Waals surface area (Å²) in [5.74, 6) is 3.35. The minimum absolute atomic E-state index is 0.0742. The van der Waals surface area contributed by atoms with Gasteiger partial charge in [0, 0.05) is 27.9 Å². The van der Waals surface area contributed by atoms with Crippen LogP contribution in [0.1, 0.15) is 112 Å². The summed E-state index contributed by atoms with van der Waals surface area (Å²) >= 11 is 0. The van der Waals surface area contributed by atoms with E-state index in [9.17, 15) is 0 Å². The summed E-state index contributed by atoms with van der Waals surface area (Å²) in [5, 5.41) is 2.81. The topological polar surface area (TPSA) is 14.2 Å². The molecule has 0 bridgehead atoms. The van der Waals surface area contributed by atoms with Crippen molar-refractivity contribution >= 4 is 44.9 Å². The van der Waals surface area contributed by atoms with Gasteiger partial charge >= 0.3 is 0 Å². The zero-order valence-electron chi connectivity index (χ0n) is 28.4. The van der Waals surface area contributed by atoms with Crippen LogP contribution in [0.5, 0.6) is 11.5 Å². The van der Waals surface area contributed by atoms with Gasteiger partial charge in [0.05, 0.1) is 11.0 Å². The second kappa shape index (κ2) is 10.9. The van der Waals surface area contributed by atoms with Crippen molar-refractivity contribution < 1.29 is 4.74 Å². The zero-order valence-corrected chi connectivity index (χ0v) is 28.4. The minimum atomic E-state index is -0.0742. The number of hydrogen-bond acceptors (Lipinski definition) is 1. The van der Waals surface area contributed by atoms with E-state index in [-0.39, 0.29) is 12.1 Å². The molecule has 2 aliphatic heterocycles. The first-order valence-electron chi connectivity index (χ1n) is 18.7. The highest BCUT2D eigenvalue weighted by Gasteiger charge is 2.44. The molecule has 0 saturated heterocycles. The molecule has 2 aliphatic carbocycles. The van der Waals surface area contributed by atoms with E-state index in [2.05, 4.69) is 115 Å². The molecule has 2 fully saturated rings. The molecular formula is C45H44BNO. The Kier molecular flexibility index (Phi) is 6.52. The highest BCUT2D eigenvalue weighted by molar-refractivity contribution is 6.98. The molecule has 10 rings (SSSR count). The van der Waals surface area contributed by atoms with E-state index >= 15 is 0 Å². The normalized spacial score (nSPS) is 18.8. The zero-order chi connectivity index (χ0) is 32.0. The van der Waals surface area contributed by atoms with Gasteiger partial charge in [-0.25, -0.2) is 0 Å². The summed E-state index contributed by atoms with van der Waals surface area (Å²) in [6.45, 7) is 4.89. The number of ether oxygens (including phenoxy) is 1. The standard InChI is InChI=1S/C45H44BNO/c1-45(2)36-16-9-10-18-38(36)46-39-23-22-33(28-43(39)48-42-19-11-17-37(45)44(42)46)47-40-24-20-31(29-12-5-3-6-13-29)26-34(40)35-27-32(21-25-41(35)47)30-14-7-4-8-15-30/h9-11,16-30H,3-8,12-15H2,1-2H3. The van der Waals surface area contributed by atoms with Gasteiger partial charge in [-0.15, -0.1) is 0 Å². The van der Waals surface area contributed by atoms with Crippen molar-refractivity contribution in [2.45, 2.75) is 95.3 Å². The van der Waals surface area contributed by atoms with Crippen molar-refractivity contribution in [2.24, 2.45) is 0 Å². The second-order valence-corrected chi connectivity index (χ2v) is 15.7. The lowest BCUT2D eigenvalue weighted by molar-refractivity contribution is 0.444. The fraction of sp³-hybridized carbons (Fsp3) is 0.333. The van der Waals surface area contributed by atoms with Crippen LogP contribution in [0.4, 0.5) is 0 Å². The predicted octanol–water partition coefficient (Wildman–Crippen LogP) is 10.1. The summed E-state index contributed by atoms with van der Waals surface area (Å²) in [6, 6.07) is 37.6. The highest BCUT2D eigenvalue weighted by atomic mass is 16.5. The van der Waals surface area contributed by atoms with E-state index in [0.29, 0.717) is 11.8 Å². The molecule has 6 aromatic rings. The van der Waals surface area contributed by atoms with Crippen LogP contribution < -0.4 is 21.1 Å².